The van der Waals surface area contributed by atoms with E-state index in [0.29, 0.717) is 45.7 Å². The van der Waals surface area contributed by atoms with Gasteiger partial charge in [-0.05, 0) is 61.8 Å². The van der Waals surface area contributed by atoms with Crippen LogP contribution in [0.2, 0.25) is 0 Å². The summed E-state index contributed by atoms with van der Waals surface area (Å²) in [6, 6.07) is 22.2. The van der Waals surface area contributed by atoms with Gasteiger partial charge in [-0.25, -0.2) is 4.21 Å². The number of likely N-dealkylation sites (N-methyl/N-ethyl adjacent to an activating group) is 1. The zero-order valence-electron chi connectivity index (χ0n) is 19.8. The van der Waals surface area contributed by atoms with Crippen molar-refractivity contribution in [3.05, 3.63) is 89.5 Å². The number of nitrogens with zero attached hydrogens (tertiary/aromatic N) is 2. The normalized spacial score (nSPS) is 19.7. The topological polar surface area (TPSA) is 69.7 Å². The van der Waals surface area contributed by atoms with Crippen molar-refractivity contribution in [2.45, 2.75) is 42.1 Å². The maximum atomic E-state index is 13.7. The molecule has 2 amide bonds. The molecule has 35 heavy (non-hydrogen) atoms. The molecule has 1 fully saturated rings. The summed E-state index contributed by atoms with van der Waals surface area (Å²) < 4.78 is 13.5. The van der Waals surface area contributed by atoms with Crippen molar-refractivity contribution in [2.75, 3.05) is 24.5 Å². The van der Waals surface area contributed by atoms with Crippen molar-refractivity contribution in [2.24, 2.45) is 0 Å². The fraction of sp³-hybridized carbons (Fsp3) is 0.286. The minimum Gasteiger partial charge on any atom is -0.350 e. The number of rotatable bonds is 6. The van der Waals surface area contributed by atoms with E-state index in [1.54, 1.807) is 47.4 Å². The van der Waals surface area contributed by atoms with Gasteiger partial charge in [0, 0.05) is 18.2 Å². The summed E-state index contributed by atoms with van der Waals surface area (Å²) in [7, 11) is -1.54. The van der Waals surface area contributed by atoms with Crippen LogP contribution in [0, 0.1) is 0 Å². The van der Waals surface area contributed by atoms with Crippen molar-refractivity contribution in [3.63, 3.8) is 0 Å². The van der Waals surface area contributed by atoms with Gasteiger partial charge in [0.1, 0.15) is 0 Å². The minimum absolute atomic E-state index is 0.185. The second kappa shape index (κ2) is 10.1. The maximum Gasteiger partial charge on any atom is 0.259 e. The second-order valence-corrected chi connectivity index (χ2v) is 10.4. The van der Waals surface area contributed by atoms with Gasteiger partial charge in [0.05, 0.1) is 38.4 Å². The Bertz CT molecular complexity index is 1280. The number of carbonyl (C=O) groups excluding carboxylic acids is 2. The first-order chi connectivity index (χ1) is 17.1. The van der Waals surface area contributed by atoms with Gasteiger partial charge in [0.15, 0.2) is 0 Å². The molecule has 180 valence electrons. The van der Waals surface area contributed by atoms with Gasteiger partial charge in [-0.2, -0.15) is 0 Å². The molecule has 3 aromatic carbocycles. The van der Waals surface area contributed by atoms with Gasteiger partial charge in [-0.1, -0.05) is 49.4 Å². The highest BCUT2D eigenvalue weighted by atomic mass is 32.2. The van der Waals surface area contributed by atoms with Crippen LogP contribution in [0.5, 0.6) is 0 Å². The molecule has 1 saturated heterocycles. The first kappa shape index (κ1) is 23.5. The van der Waals surface area contributed by atoms with Crippen LogP contribution in [0.1, 0.15) is 46.0 Å². The van der Waals surface area contributed by atoms with Crippen LogP contribution in [-0.4, -0.2) is 46.6 Å². The molecule has 3 aromatic rings. The standard InChI is InChI=1S/C28H29N3O3S/c1-2-30-16-8-11-22(30)18-29-27(32)21-14-15-26-24(17-21)31(19-20-9-4-3-5-10-20)28(33)23-12-6-7-13-25(23)35(26)34/h3-7,9-10,12-15,17,22H,2,8,11,16,18-19H2,1H3,(H,29,32)/t22-,35-/m0/s1. The molecule has 0 unspecified atom stereocenters. The summed E-state index contributed by atoms with van der Waals surface area (Å²) in [4.78, 5) is 31.8. The molecule has 7 heteroatoms. The van der Waals surface area contributed by atoms with Gasteiger partial charge < -0.3 is 10.2 Å². The van der Waals surface area contributed by atoms with Gasteiger partial charge in [-0.3, -0.25) is 14.5 Å². The first-order valence-corrected chi connectivity index (χ1v) is 13.2. The predicted octanol–water partition coefficient (Wildman–Crippen LogP) is 4.23. The van der Waals surface area contributed by atoms with Crippen LogP contribution in [-0.2, 0) is 17.3 Å². The summed E-state index contributed by atoms with van der Waals surface area (Å²) in [5, 5.41) is 3.07. The molecular formula is C28H29N3O3S. The summed E-state index contributed by atoms with van der Waals surface area (Å²) >= 11 is 0. The molecule has 0 spiro atoms. The lowest BCUT2D eigenvalue weighted by atomic mass is 10.1. The Hall–Kier alpha value is -3.29. The largest absolute Gasteiger partial charge is 0.350 e. The minimum atomic E-state index is -1.54. The third-order valence-corrected chi connectivity index (χ3v) is 8.36. The average molecular weight is 488 g/mol. The van der Waals surface area contributed by atoms with Crippen LogP contribution in [0.15, 0.2) is 82.6 Å². The zero-order valence-corrected chi connectivity index (χ0v) is 20.6. The summed E-state index contributed by atoms with van der Waals surface area (Å²) in [6.45, 7) is 5.09. The van der Waals surface area contributed by atoms with E-state index in [0.717, 1.165) is 31.5 Å². The number of amides is 2. The Morgan fingerprint density at radius 2 is 1.80 bits per heavy atom. The third kappa shape index (κ3) is 4.66. The molecule has 5 rings (SSSR count). The Balaban J connectivity index is 1.49. The van der Waals surface area contributed by atoms with Gasteiger partial charge >= 0.3 is 0 Å². The SMILES string of the molecule is CCN1CCC[C@H]1CNC(=O)c1ccc2c(c1)N(Cc1ccccc1)C(=O)c1ccccc1[S@@]2=O. The lowest BCUT2D eigenvalue weighted by Crippen LogP contribution is -2.40. The van der Waals surface area contributed by atoms with Crippen molar-refractivity contribution in [1.29, 1.82) is 0 Å². The highest BCUT2D eigenvalue weighted by Crippen LogP contribution is 2.36. The number of carbonyl (C=O) groups is 2. The second-order valence-electron chi connectivity index (χ2n) is 8.96. The summed E-state index contributed by atoms with van der Waals surface area (Å²) in [5.74, 6) is -0.408. The highest BCUT2D eigenvalue weighted by Gasteiger charge is 2.32. The molecule has 2 aliphatic rings. The molecule has 2 aliphatic heterocycles. The van der Waals surface area contributed by atoms with Crippen molar-refractivity contribution >= 4 is 28.3 Å². The summed E-state index contributed by atoms with van der Waals surface area (Å²) in [6.07, 6.45) is 2.23. The number of benzene rings is 3. The first-order valence-electron chi connectivity index (χ1n) is 12.1. The lowest BCUT2D eigenvalue weighted by Gasteiger charge is -2.24. The molecule has 2 atom stereocenters. The Kier molecular flexibility index (Phi) is 6.79. The fourth-order valence-corrected chi connectivity index (χ4v) is 6.33. The third-order valence-electron chi connectivity index (χ3n) is 6.86. The molecule has 2 heterocycles. The van der Waals surface area contributed by atoms with E-state index in [1.807, 2.05) is 30.3 Å². The Morgan fingerprint density at radius 1 is 1.03 bits per heavy atom. The van der Waals surface area contributed by atoms with Gasteiger partial charge in [-0.15, -0.1) is 0 Å². The van der Waals surface area contributed by atoms with Crippen LogP contribution in [0.3, 0.4) is 0 Å². The zero-order chi connectivity index (χ0) is 24.4. The van der Waals surface area contributed by atoms with Crippen LogP contribution >= 0.6 is 0 Å². The number of likely N-dealkylation sites (tertiary alicyclic amines) is 1. The number of hydrogen-bond acceptors (Lipinski definition) is 4. The van der Waals surface area contributed by atoms with E-state index in [4.69, 9.17) is 0 Å². The molecule has 0 aromatic heterocycles. The predicted molar refractivity (Wildman–Crippen MR) is 137 cm³/mol. The van der Waals surface area contributed by atoms with E-state index in [9.17, 15) is 13.8 Å². The molecule has 0 saturated carbocycles. The number of anilines is 1. The lowest BCUT2D eigenvalue weighted by molar-refractivity contribution is 0.0938. The van der Waals surface area contributed by atoms with Crippen LogP contribution in [0.4, 0.5) is 5.69 Å². The number of nitrogens with one attached hydrogen (secondary N) is 1. The van der Waals surface area contributed by atoms with Crippen LogP contribution in [0.25, 0.3) is 0 Å². The molecular weight excluding hydrogens is 458 g/mol. The van der Waals surface area contributed by atoms with Crippen molar-refractivity contribution in [3.8, 4) is 0 Å². The molecule has 1 N–H and O–H groups in total. The highest BCUT2D eigenvalue weighted by molar-refractivity contribution is 7.85. The Morgan fingerprint density at radius 3 is 2.60 bits per heavy atom. The molecule has 6 nitrogen and oxygen atoms in total. The Labute approximate surface area is 208 Å². The molecule has 0 radical (unpaired) electrons. The van der Waals surface area contributed by atoms with Gasteiger partial charge in [0.25, 0.3) is 11.8 Å². The van der Waals surface area contributed by atoms with E-state index < -0.39 is 10.8 Å². The fourth-order valence-electron chi connectivity index (χ4n) is 4.98. The smallest absolute Gasteiger partial charge is 0.259 e. The number of hydrogen-bond donors (Lipinski definition) is 1. The van der Waals surface area contributed by atoms with Gasteiger partial charge in [0.2, 0.25) is 0 Å². The van der Waals surface area contributed by atoms with Crippen molar-refractivity contribution in [1.82, 2.24) is 10.2 Å². The van der Waals surface area contributed by atoms with E-state index in [2.05, 4.69) is 17.1 Å². The summed E-state index contributed by atoms with van der Waals surface area (Å²) in [5.41, 5.74) is 2.34. The average Bonchev–Trinajstić information content (AvgIpc) is 3.34. The molecule has 0 bridgehead atoms. The van der Waals surface area contributed by atoms with E-state index in [1.165, 1.54) is 0 Å². The quantitative estimate of drug-likeness (QED) is 0.565. The monoisotopic (exact) mass is 487 g/mol. The molecule has 0 aliphatic carbocycles. The van der Waals surface area contributed by atoms with E-state index in [-0.39, 0.29) is 11.8 Å². The van der Waals surface area contributed by atoms with Crippen LogP contribution < -0.4 is 10.2 Å². The van der Waals surface area contributed by atoms with E-state index >= 15 is 0 Å². The number of fused-ring (bicyclic) bond motifs is 2. The van der Waals surface area contributed by atoms with Crippen molar-refractivity contribution < 1.29 is 13.8 Å². The maximum absolute atomic E-state index is 13.7.